The van der Waals surface area contributed by atoms with Gasteiger partial charge in [0.05, 0.1) is 22.7 Å². The second-order valence-corrected chi connectivity index (χ2v) is 8.89. The van der Waals surface area contributed by atoms with E-state index in [-0.39, 0.29) is 29.1 Å². The molecule has 3 atom stereocenters. The third-order valence-corrected chi connectivity index (χ3v) is 6.94. The van der Waals surface area contributed by atoms with Crippen LogP contribution in [-0.2, 0) is 24.2 Å². The SMILES string of the molecule is CCn1nc([C@@H](C)C(=O)N2[C@@H]3CC[C@H]2Cc2c(nc(C)[nH]c2=O)C3)c2ccccc2c1=O. The van der Waals surface area contributed by atoms with E-state index in [4.69, 9.17) is 0 Å². The molecule has 8 nitrogen and oxygen atoms in total. The first-order valence-corrected chi connectivity index (χ1v) is 11.3. The number of hydrogen-bond acceptors (Lipinski definition) is 5. The van der Waals surface area contributed by atoms with Gasteiger partial charge in [-0.25, -0.2) is 9.67 Å². The molecule has 2 aliphatic rings. The molecule has 32 heavy (non-hydrogen) atoms. The van der Waals surface area contributed by atoms with Gasteiger partial charge in [0.15, 0.2) is 0 Å². The molecule has 2 aliphatic heterocycles. The molecule has 4 heterocycles. The van der Waals surface area contributed by atoms with Gasteiger partial charge in [-0.1, -0.05) is 18.2 Å². The molecule has 2 aromatic heterocycles. The number of fused-ring (bicyclic) bond motifs is 4. The van der Waals surface area contributed by atoms with Crippen molar-refractivity contribution in [2.45, 2.75) is 71.0 Å². The highest BCUT2D eigenvalue weighted by atomic mass is 16.2. The molecule has 1 fully saturated rings. The highest BCUT2D eigenvalue weighted by Gasteiger charge is 2.42. The van der Waals surface area contributed by atoms with Crippen LogP contribution in [0, 0.1) is 6.92 Å². The van der Waals surface area contributed by atoms with E-state index in [0.29, 0.717) is 41.9 Å². The van der Waals surface area contributed by atoms with Crippen molar-refractivity contribution in [3.05, 3.63) is 67.7 Å². The zero-order valence-electron chi connectivity index (χ0n) is 18.6. The number of carbonyl (C=O) groups is 1. The molecule has 2 bridgehead atoms. The predicted octanol–water partition coefficient (Wildman–Crippen LogP) is 2.07. The van der Waals surface area contributed by atoms with Crippen molar-refractivity contribution < 1.29 is 4.79 Å². The maximum absolute atomic E-state index is 13.8. The minimum absolute atomic E-state index is 0.00240. The van der Waals surface area contributed by atoms with Crippen LogP contribution in [0.15, 0.2) is 33.9 Å². The molecule has 0 spiro atoms. The quantitative estimate of drug-likeness (QED) is 0.681. The van der Waals surface area contributed by atoms with Gasteiger partial charge in [-0.2, -0.15) is 5.10 Å². The number of aromatic nitrogens is 4. The second-order valence-electron chi connectivity index (χ2n) is 8.89. The first kappa shape index (κ1) is 20.6. The lowest BCUT2D eigenvalue weighted by molar-refractivity contribution is -0.135. The smallest absolute Gasteiger partial charge is 0.274 e. The fourth-order valence-corrected chi connectivity index (χ4v) is 5.36. The lowest BCUT2D eigenvalue weighted by Gasteiger charge is -2.31. The Bertz CT molecular complexity index is 1340. The van der Waals surface area contributed by atoms with E-state index in [0.717, 1.165) is 23.9 Å². The normalized spacial score (nSPS) is 20.8. The highest BCUT2D eigenvalue weighted by Crippen LogP contribution is 2.35. The Kier molecular flexibility index (Phi) is 4.95. The van der Waals surface area contributed by atoms with Crippen LogP contribution >= 0.6 is 0 Å². The molecular formula is C24H27N5O3. The summed E-state index contributed by atoms with van der Waals surface area (Å²) < 4.78 is 1.43. The minimum Gasteiger partial charge on any atom is -0.335 e. The van der Waals surface area contributed by atoms with Crippen LogP contribution in [0.2, 0.25) is 0 Å². The molecule has 1 amide bonds. The maximum atomic E-state index is 13.8. The Morgan fingerprint density at radius 3 is 2.56 bits per heavy atom. The van der Waals surface area contributed by atoms with Crippen molar-refractivity contribution in [1.82, 2.24) is 24.6 Å². The van der Waals surface area contributed by atoms with Gasteiger partial charge < -0.3 is 9.88 Å². The van der Waals surface area contributed by atoms with Crippen LogP contribution < -0.4 is 11.1 Å². The Hall–Kier alpha value is -3.29. The molecule has 0 radical (unpaired) electrons. The first-order valence-electron chi connectivity index (χ1n) is 11.3. The molecule has 1 N–H and O–H groups in total. The Balaban J connectivity index is 1.54. The van der Waals surface area contributed by atoms with Gasteiger partial charge in [0, 0.05) is 42.4 Å². The topological polar surface area (TPSA) is 101 Å². The van der Waals surface area contributed by atoms with Crippen molar-refractivity contribution >= 4 is 16.7 Å². The number of nitrogens with zero attached hydrogens (tertiary/aromatic N) is 4. The molecule has 166 valence electrons. The summed E-state index contributed by atoms with van der Waals surface area (Å²) in [4.78, 5) is 48.5. The lowest BCUT2D eigenvalue weighted by Crippen LogP contribution is -2.44. The van der Waals surface area contributed by atoms with E-state index in [1.165, 1.54) is 4.68 Å². The first-order chi connectivity index (χ1) is 15.4. The summed E-state index contributed by atoms with van der Waals surface area (Å²) in [5.74, 6) is 0.100. The summed E-state index contributed by atoms with van der Waals surface area (Å²) >= 11 is 0. The van der Waals surface area contributed by atoms with Crippen LogP contribution in [0.5, 0.6) is 0 Å². The number of hydrogen-bond donors (Lipinski definition) is 1. The van der Waals surface area contributed by atoms with Crippen molar-refractivity contribution in [3.8, 4) is 0 Å². The van der Waals surface area contributed by atoms with Crippen LogP contribution in [-0.4, -0.2) is 42.6 Å². The van der Waals surface area contributed by atoms with E-state index in [1.807, 2.05) is 36.9 Å². The molecule has 0 unspecified atom stereocenters. The molecule has 3 aromatic rings. The van der Waals surface area contributed by atoms with Gasteiger partial charge in [-0.15, -0.1) is 0 Å². The number of H-pyrrole nitrogens is 1. The standard InChI is InChI=1S/C24H27N5O3/c1-4-28-24(32)18-8-6-5-7-17(18)21(27-28)13(2)23(31)29-15-9-10-16(29)12-20-19(11-15)22(30)26-14(3)25-20/h5-8,13,15-16H,4,9-12H2,1-3H3,(H,25,26,30)/t13-,15+,16-/m1/s1. The zero-order chi connectivity index (χ0) is 22.6. The highest BCUT2D eigenvalue weighted by molar-refractivity contribution is 5.91. The van der Waals surface area contributed by atoms with Gasteiger partial charge in [0.25, 0.3) is 11.1 Å². The number of carbonyl (C=O) groups excluding carboxylic acids is 1. The maximum Gasteiger partial charge on any atom is 0.274 e. The van der Waals surface area contributed by atoms with E-state index < -0.39 is 5.92 Å². The fraction of sp³-hybridized carbons (Fsp3) is 0.458. The van der Waals surface area contributed by atoms with E-state index >= 15 is 0 Å². The molecule has 1 aromatic carbocycles. The van der Waals surface area contributed by atoms with Crippen LogP contribution in [0.3, 0.4) is 0 Å². The fourth-order valence-electron chi connectivity index (χ4n) is 5.36. The lowest BCUT2D eigenvalue weighted by atomic mass is 9.98. The van der Waals surface area contributed by atoms with Crippen LogP contribution in [0.25, 0.3) is 10.8 Å². The van der Waals surface area contributed by atoms with Crippen molar-refractivity contribution in [2.24, 2.45) is 0 Å². The third-order valence-electron chi connectivity index (χ3n) is 6.94. The van der Waals surface area contributed by atoms with Gasteiger partial charge in [-0.3, -0.25) is 14.4 Å². The summed E-state index contributed by atoms with van der Waals surface area (Å²) in [7, 11) is 0. The van der Waals surface area contributed by atoms with Gasteiger partial charge in [0.2, 0.25) is 5.91 Å². The molecule has 8 heteroatoms. The monoisotopic (exact) mass is 433 g/mol. The number of aryl methyl sites for hydroxylation is 2. The molecule has 0 saturated carbocycles. The van der Waals surface area contributed by atoms with E-state index in [1.54, 1.807) is 13.0 Å². The van der Waals surface area contributed by atoms with Crippen molar-refractivity contribution in [2.75, 3.05) is 0 Å². The Morgan fingerprint density at radius 1 is 1.16 bits per heavy atom. The molecule has 0 aliphatic carbocycles. The van der Waals surface area contributed by atoms with Gasteiger partial charge in [-0.05, 0) is 39.7 Å². The van der Waals surface area contributed by atoms with Crippen LogP contribution in [0.4, 0.5) is 0 Å². The largest absolute Gasteiger partial charge is 0.335 e. The van der Waals surface area contributed by atoms with Gasteiger partial charge >= 0.3 is 0 Å². The molecular weight excluding hydrogens is 406 g/mol. The van der Waals surface area contributed by atoms with Crippen molar-refractivity contribution in [3.63, 3.8) is 0 Å². The number of nitrogens with one attached hydrogen (secondary N) is 1. The predicted molar refractivity (Wildman–Crippen MR) is 121 cm³/mol. The number of rotatable bonds is 3. The molecule has 5 rings (SSSR count). The Labute approximate surface area is 185 Å². The second kappa shape index (κ2) is 7.69. The zero-order valence-corrected chi connectivity index (χ0v) is 18.6. The summed E-state index contributed by atoms with van der Waals surface area (Å²) in [6.45, 7) is 5.97. The molecule has 1 saturated heterocycles. The third kappa shape index (κ3) is 3.16. The van der Waals surface area contributed by atoms with Crippen molar-refractivity contribution in [1.29, 1.82) is 0 Å². The van der Waals surface area contributed by atoms with E-state index in [2.05, 4.69) is 15.1 Å². The average molecular weight is 434 g/mol. The summed E-state index contributed by atoms with van der Waals surface area (Å²) in [6, 6.07) is 7.35. The number of benzene rings is 1. The summed E-state index contributed by atoms with van der Waals surface area (Å²) in [6.07, 6.45) is 2.89. The summed E-state index contributed by atoms with van der Waals surface area (Å²) in [5, 5.41) is 5.89. The average Bonchev–Trinajstić information content (AvgIpc) is 3.08. The summed E-state index contributed by atoms with van der Waals surface area (Å²) in [5.41, 5.74) is 1.91. The Morgan fingerprint density at radius 2 is 1.84 bits per heavy atom. The van der Waals surface area contributed by atoms with Crippen LogP contribution in [0.1, 0.15) is 55.4 Å². The number of amides is 1. The number of aromatic amines is 1. The minimum atomic E-state index is -0.504. The van der Waals surface area contributed by atoms with Gasteiger partial charge in [0.1, 0.15) is 5.82 Å². The van der Waals surface area contributed by atoms with E-state index in [9.17, 15) is 14.4 Å².